The second kappa shape index (κ2) is 5.91. The van der Waals surface area contributed by atoms with Crippen LogP contribution in [0, 0.1) is 10.1 Å². The van der Waals surface area contributed by atoms with Crippen LogP contribution < -0.4 is 10.6 Å². The van der Waals surface area contributed by atoms with Crippen LogP contribution in [-0.2, 0) is 6.54 Å². The third kappa shape index (κ3) is 3.75. The lowest BCUT2D eigenvalue weighted by Crippen LogP contribution is -2.28. The highest BCUT2D eigenvalue weighted by molar-refractivity contribution is 7.80. The van der Waals surface area contributed by atoms with Gasteiger partial charge in [0.25, 0.3) is 5.69 Å². The van der Waals surface area contributed by atoms with Crippen LogP contribution in [0.25, 0.3) is 0 Å². The van der Waals surface area contributed by atoms with Crippen LogP contribution in [0.15, 0.2) is 41.1 Å². The van der Waals surface area contributed by atoms with Gasteiger partial charge in [-0.05, 0) is 30.4 Å². The summed E-state index contributed by atoms with van der Waals surface area (Å²) in [4.78, 5) is 13.8. The minimum atomic E-state index is -0.510. The van der Waals surface area contributed by atoms with Gasteiger partial charge in [-0.3, -0.25) is 10.1 Å². The predicted octanol–water partition coefficient (Wildman–Crippen LogP) is 2.07. The molecule has 0 aliphatic rings. The summed E-state index contributed by atoms with van der Waals surface area (Å²) in [6, 6.07) is 6.44. The summed E-state index contributed by atoms with van der Waals surface area (Å²) in [5.41, 5.74) is -0.0694. The molecular weight excluding hydrogens is 268 g/mol. The van der Waals surface area contributed by atoms with Gasteiger partial charge in [0.1, 0.15) is 17.8 Å². The van der Waals surface area contributed by atoms with Gasteiger partial charge in [0.05, 0.1) is 17.7 Å². The zero-order chi connectivity index (χ0) is 13.7. The fraction of sp³-hybridized carbons (Fsp3) is 0.0909. The van der Waals surface area contributed by atoms with Crippen molar-refractivity contribution in [1.82, 2.24) is 10.3 Å². The first-order valence-corrected chi connectivity index (χ1v) is 5.73. The highest BCUT2D eigenvalue weighted by Crippen LogP contribution is 2.11. The van der Waals surface area contributed by atoms with E-state index in [9.17, 15) is 10.1 Å². The Morgan fingerprint density at radius 1 is 1.47 bits per heavy atom. The summed E-state index contributed by atoms with van der Waals surface area (Å²) < 4.78 is 5.14. The van der Waals surface area contributed by atoms with E-state index >= 15 is 0 Å². The van der Waals surface area contributed by atoms with Crippen molar-refractivity contribution in [2.75, 3.05) is 5.32 Å². The number of hydrogen-bond donors (Lipinski definition) is 2. The fourth-order valence-electron chi connectivity index (χ4n) is 1.31. The van der Waals surface area contributed by atoms with E-state index in [1.165, 1.54) is 12.1 Å². The summed E-state index contributed by atoms with van der Waals surface area (Å²) in [5, 5.41) is 16.6. The number of nitro groups is 1. The van der Waals surface area contributed by atoms with E-state index in [1.54, 1.807) is 12.3 Å². The lowest BCUT2D eigenvalue weighted by molar-refractivity contribution is -0.385. The SMILES string of the molecule is O=[N+]([O-])c1ccc(NC(=S)NCc2ccco2)nc1. The van der Waals surface area contributed by atoms with Gasteiger partial charge in [0.15, 0.2) is 5.11 Å². The number of rotatable bonds is 4. The molecule has 0 saturated heterocycles. The van der Waals surface area contributed by atoms with Gasteiger partial charge in [-0.25, -0.2) is 4.98 Å². The minimum absolute atomic E-state index is 0.0694. The molecule has 0 bridgehead atoms. The molecule has 98 valence electrons. The number of nitrogens with zero attached hydrogens (tertiary/aromatic N) is 2. The Bertz CT molecular complexity index is 568. The summed E-state index contributed by atoms with van der Waals surface area (Å²) in [7, 11) is 0. The van der Waals surface area contributed by atoms with Crippen LogP contribution in [0.3, 0.4) is 0 Å². The lowest BCUT2D eigenvalue weighted by atomic mass is 10.4. The first-order chi connectivity index (χ1) is 9.15. The Morgan fingerprint density at radius 3 is 2.89 bits per heavy atom. The molecule has 0 aromatic carbocycles. The third-order valence-corrected chi connectivity index (χ3v) is 2.45. The third-order valence-electron chi connectivity index (χ3n) is 2.20. The molecule has 19 heavy (non-hydrogen) atoms. The molecule has 2 rings (SSSR count). The summed E-state index contributed by atoms with van der Waals surface area (Å²) in [6.07, 6.45) is 2.74. The zero-order valence-electron chi connectivity index (χ0n) is 9.70. The average Bonchev–Trinajstić information content (AvgIpc) is 2.90. The van der Waals surface area contributed by atoms with E-state index in [-0.39, 0.29) is 5.69 Å². The first kappa shape index (κ1) is 13.0. The zero-order valence-corrected chi connectivity index (χ0v) is 10.5. The van der Waals surface area contributed by atoms with E-state index in [2.05, 4.69) is 15.6 Å². The Kier molecular flexibility index (Phi) is 4.04. The highest BCUT2D eigenvalue weighted by atomic mass is 32.1. The van der Waals surface area contributed by atoms with Crippen LogP contribution >= 0.6 is 12.2 Å². The van der Waals surface area contributed by atoms with Crippen molar-refractivity contribution in [3.63, 3.8) is 0 Å². The first-order valence-electron chi connectivity index (χ1n) is 5.33. The number of pyridine rings is 1. The van der Waals surface area contributed by atoms with Crippen molar-refractivity contribution in [3.8, 4) is 0 Å². The molecule has 0 fully saturated rings. The van der Waals surface area contributed by atoms with Crippen molar-refractivity contribution >= 4 is 28.8 Å². The monoisotopic (exact) mass is 278 g/mol. The smallest absolute Gasteiger partial charge is 0.287 e. The van der Waals surface area contributed by atoms with Gasteiger partial charge in [-0.1, -0.05) is 0 Å². The minimum Gasteiger partial charge on any atom is -0.467 e. The molecule has 0 saturated carbocycles. The highest BCUT2D eigenvalue weighted by Gasteiger charge is 2.06. The van der Waals surface area contributed by atoms with Crippen molar-refractivity contribution in [1.29, 1.82) is 0 Å². The van der Waals surface area contributed by atoms with Crippen molar-refractivity contribution < 1.29 is 9.34 Å². The molecule has 0 aliphatic carbocycles. The van der Waals surface area contributed by atoms with E-state index in [0.717, 1.165) is 12.0 Å². The number of thiocarbonyl (C=S) groups is 1. The molecule has 2 aromatic heterocycles. The van der Waals surface area contributed by atoms with Crippen molar-refractivity contribution in [2.45, 2.75) is 6.54 Å². The lowest BCUT2D eigenvalue weighted by Gasteiger charge is -2.08. The molecule has 8 heteroatoms. The second-order valence-electron chi connectivity index (χ2n) is 3.55. The van der Waals surface area contributed by atoms with Gasteiger partial charge in [0, 0.05) is 6.07 Å². The molecule has 0 spiro atoms. The fourth-order valence-corrected chi connectivity index (χ4v) is 1.49. The Morgan fingerprint density at radius 2 is 2.32 bits per heavy atom. The predicted molar refractivity (Wildman–Crippen MR) is 72.7 cm³/mol. The number of hydrogen-bond acceptors (Lipinski definition) is 5. The number of aromatic nitrogens is 1. The summed E-state index contributed by atoms with van der Waals surface area (Å²) in [5.74, 6) is 1.18. The van der Waals surface area contributed by atoms with Gasteiger partial charge >= 0.3 is 0 Å². The number of anilines is 1. The largest absolute Gasteiger partial charge is 0.467 e. The maximum Gasteiger partial charge on any atom is 0.287 e. The normalized spacial score (nSPS) is 9.89. The average molecular weight is 278 g/mol. The Balaban J connectivity index is 1.86. The molecule has 0 atom stereocenters. The van der Waals surface area contributed by atoms with E-state index in [4.69, 9.17) is 16.6 Å². The molecule has 0 unspecified atom stereocenters. The van der Waals surface area contributed by atoms with E-state index in [1.807, 2.05) is 6.07 Å². The van der Waals surface area contributed by atoms with Crippen LogP contribution in [-0.4, -0.2) is 15.0 Å². The van der Waals surface area contributed by atoms with Gasteiger partial charge < -0.3 is 15.1 Å². The molecule has 2 aromatic rings. The van der Waals surface area contributed by atoms with Gasteiger partial charge in [-0.15, -0.1) is 0 Å². The molecule has 2 heterocycles. The van der Waals surface area contributed by atoms with E-state index < -0.39 is 4.92 Å². The van der Waals surface area contributed by atoms with Crippen LogP contribution in [0.1, 0.15) is 5.76 Å². The molecular formula is C11H10N4O3S. The second-order valence-corrected chi connectivity index (χ2v) is 3.95. The van der Waals surface area contributed by atoms with Crippen LogP contribution in [0.2, 0.25) is 0 Å². The van der Waals surface area contributed by atoms with Gasteiger partial charge in [-0.2, -0.15) is 0 Å². The van der Waals surface area contributed by atoms with Crippen LogP contribution in [0.5, 0.6) is 0 Å². The maximum atomic E-state index is 10.5. The topological polar surface area (TPSA) is 93.2 Å². The quantitative estimate of drug-likeness (QED) is 0.502. The molecule has 7 nitrogen and oxygen atoms in total. The van der Waals surface area contributed by atoms with Gasteiger partial charge in [0.2, 0.25) is 0 Å². The molecule has 2 N–H and O–H groups in total. The summed E-state index contributed by atoms with van der Waals surface area (Å²) in [6.45, 7) is 0.450. The number of furan rings is 1. The standard InChI is InChI=1S/C11H10N4O3S/c16-15(17)8-3-4-10(12-6-8)14-11(19)13-7-9-2-1-5-18-9/h1-6H,7H2,(H2,12,13,14,19). The molecule has 0 amide bonds. The Labute approximate surface area is 113 Å². The van der Waals surface area contributed by atoms with E-state index in [0.29, 0.717) is 17.5 Å². The Hall–Kier alpha value is -2.48. The molecule has 0 radical (unpaired) electrons. The maximum absolute atomic E-state index is 10.5. The molecule has 0 aliphatic heterocycles. The summed E-state index contributed by atoms with van der Waals surface area (Å²) >= 11 is 5.06. The number of nitrogens with one attached hydrogen (secondary N) is 2. The van der Waals surface area contributed by atoms with Crippen molar-refractivity contribution in [2.24, 2.45) is 0 Å². The van der Waals surface area contributed by atoms with Crippen molar-refractivity contribution in [3.05, 3.63) is 52.6 Å². The van der Waals surface area contributed by atoms with Crippen LogP contribution in [0.4, 0.5) is 11.5 Å².